The largest absolute Gasteiger partial charge is 0.481 e. The molecule has 1 aliphatic carbocycles. The van der Waals surface area contributed by atoms with Crippen molar-refractivity contribution in [1.82, 2.24) is 0 Å². The summed E-state index contributed by atoms with van der Waals surface area (Å²) in [6.07, 6.45) is 2.18. The normalized spacial score (nSPS) is 23.3. The molecule has 0 saturated heterocycles. The van der Waals surface area contributed by atoms with Crippen molar-refractivity contribution in [1.29, 1.82) is 0 Å². The third-order valence-electron chi connectivity index (χ3n) is 5.62. The van der Waals surface area contributed by atoms with E-state index in [-0.39, 0.29) is 30.5 Å². The lowest BCUT2D eigenvalue weighted by molar-refractivity contribution is -0.138. The Bertz CT molecular complexity index is 743. The van der Waals surface area contributed by atoms with E-state index in [1.54, 1.807) is 0 Å². The average Bonchev–Trinajstić information content (AvgIpc) is 2.91. The first-order chi connectivity index (χ1) is 13.8. The zero-order valence-electron chi connectivity index (χ0n) is 17.3. The van der Waals surface area contributed by atoms with E-state index in [2.05, 4.69) is 11.8 Å². The van der Waals surface area contributed by atoms with Gasteiger partial charge in [-0.3, -0.25) is 9.59 Å². The van der Waals surface area contributed by atoms with Crippen molar-refractivity contribution >= 4 is 11.8 Å². The number of aliphatic carboxylic acids is 1. The van der Waals surface area contributed by atoms with E-state index in [0.717, 1.165) is 30.4 Å². The van der Waals surface area contributed by atoms with Crippen molar-refractivity contribution in [3.05, 3.63) is 35.4 Å². The Morgan fingerprint density at radius 1 is 1.24 bits per heavy atom. The molecular formula is C24H32O5. The number of aliphatic hydroxyl groups excluding tert-OH is 2. The van der Waals surface area contributed by atoms with Crippen molar-refractivity contribution in [2.45, 2.75) is 71.0 Å². The maximum Gasteiger partial charge on any atom is 0.303 e. The van der Waals surface area contributed by atoms with Crippen LogP contribution in [0.15, 0.2) is 24.3 Å². The number of carbonyl (C=O) groups excluding carboxylic acids is 1. The third-order valence-corrected chi connectivity index (χ3v) is 5.62. The fourth-order valence-corrected chi connectivity index (χ4v) is 3.94. The van der Waals surface area contributed by atoms with Gasteiger partial charge in [0.05, 0.1) is 12.0 Å². The number of ketones is 1. The van der Waals surface area contributed by atoms with Gasteiger partial charge in [-0.15, -0.1) is 0 Å². The summed E-state index contributed by atoms with van der Waals surface area (Å²) >= 11 is 0. The van der Waals surface area contributed by atoms with Gasteiger partial charge >= 0.3 is 5.97 Å². The number of benzene rings is 1. The van der Waals surface area contributed by atoms with Gasteiger partial charge in [0.15, 0.2) is 0 Å². The number of hydrogen-bond acceptors (Lipinski definition) is 4. The van der Waals surface area contributed by atoms with Crippen LogP contribution in [0.3, 0.4) is 0 Å². The van der Waals surface area contributed by atoms with Gasteiger partial charge in [-0.25, -0.2) is 0 Å². The number of hydrogen-bond donors (Lipinski definition) is 3. The van der Waals surface area contributed by atoms with E-state index in [1.807, 2.05) is 38.1 Å². The molecule has 5 nitrogen and oxygen atoms in total. The highest BCUT2D eigenvalue weighted by Gasteiger charge is 2.40. The summed E-state index contributed by atoms with van der Waals surface area (Å²) in [7, 11) is 0. The van der Waals surface area contributed by atoms with Crippen LogP contribution >= 0.6 is 0 Å². The van der Waals surface area contributed by atoms with Crippen molar-refractivity contribution in [3.8, 4) is 11.8 Å². The molecule has 0 spiro atoms. The highest BCUT2D eigenvalue weighted by Crippen LogP contribution is 2.33. The van der Waals surface area contributed by atoms with Gasteiger partial charge in [0.25, 0.3) is 0 Å². The molecule has 3 N–H and O–H groups in total. The smallest absolute Gasteiger partial charge is 0.303 e. The molecule has 0 aliphatic heterocycles. The molecule has 0 amide bonds. The molecule has 5 atom stereocenters. The van der Waals surface area contributed by atoms with Crippen LogP contribution in [0, 0.1) is 36.5 Å². The Morgan fingerprint density at radius 3 is 2.59 bits per heavy atom. The van der Waals surface area contributed by atoms with E-state index >= 15 is 0 Å². The molecule has 5 heteroatoms. The van der Waals surface area contributed by atoms with Crippen molar-refractivity contribution in [2.75, 3.05) is 0 Å². The number of carbonyl (C=O) groups is 2. The molecule has 2 rings (SSSR count). The van der Waals surface area contributed by atoms with Crippen LogP contribution in [-0.4, -0.2) is 39.3 Å². The topological polar surface area (TPSA) is 94.8 Å². The molecule has 1 saturated carbocycles. The zero-order valence-corrected chi connectivity index (χ0v) is 17.3. The van der Waals surface area contributed by atoms with Crippen LogP contribution in [0.1, 0.15) is 56.6 Å². The molecule has 29 heavy (non-hydrogen) atoms. The molecule has 0 bridgehead atoms. The standard InChI is InChI=1S/C24H32O5/c1-16-7-9-18(10-8-16)14-19(25)11-12-21-20(22(26)15-23(21)27)6-4-3-5-17(2)13-24(28)29/h7-10,17,19-21,23,25,27H,3-6,13-15H2,1-2H3,(H,28,29)/t17?,19?,20-,21-,23-/m1/s1. The van der Waals surface area contributed by atoms with Crippen molar-refractivity contribution in [3.63, 3.8) is 0 Å². The second-order valence-electron chi connectivity index (χ2n) is 8.35. The third kappa shape index (κ3) is 7.64. The number of aryl methyl sites for hydroxylation is 1. The SMILES string of the molecule is Cc1ccc(CC(O)C#C[C@H]2[C@H](O)CC(=O)[C@@H]2CCCCC(C)CC(=O)O)cc1. The minimum atomic E-state index is -0.835. The highest BCUT2D eigenvalue weighted by atomic mass is 16.4. The Hall–Kier alpha value is -2.16. The maximum absolute atomic E-state index is 12.3. The number of carboxylic acids is 1. The lowest BCUT2D eigenvalue weighted by atomic mass is 9.88. The van der Waals surface area contributed by atoms with Crippen LogP contribution in [0.5, 0.6) is 0 Å². The number of unbranched alkanes of at least 4 members (excludes halogenated alkanes) is 1. The predicted octanol–water partition coefficient (Wildman–Crippen LogP) is 3.14. The lowest BCUT2D eigenvalue weighted by Crippen LogP contribution is -2.20. The van der Waals surface area contributed by atoms with E-state index in [0.29, 0.717) is 12.8 Å². The van der Waals surface area contributed by atoms with Gasteiger partial charge in [-0.2, -0.15) is 0 Å². The Balaban J connectivity index is 1.87. The zero-order chi connectivity index (χ0) is 21.4. The molecule has 0 aromatic heterocycles. The lowest BCUT2D eigenvalue weighted by Gasteiger charge is -2.16. The molecular weight excluding hydrogens is 368 g/mol. The molecule has 1 fully saturated rings. The van der Waals surface area contributed by atoms with Gasteiger partial charge in [0, 0.05) is 25.2 Å². The summed E-state index contributed by atoms with van der Waals surface area (Å²) in [5, 5.41) is 29.3. The molecule has 0 heterocycles. The Kier molecular flexibility index (Phi) is 8.88. The van der Waals surface area contributed by atoms with Gasteiger partial charge < -0.3 is 15.3 Å². The number of carboxylic acid groups (broad SMARTS) is 1. The molecule has 2 unspecified atom stereocenters. The van der Waals surface area contributed by atoms with E-state index < -0.39 is 24.1 Å². The van der Waals surface area contributed by atoms with Crippen molar-refractivity contribution < 1.29 is 24.9 Å². The summed E-state index contributed by atoms with van der Waals surface area (Å²) < 4.78 is 0. The first kappa shape index (κ1) is 23.1. The average molecular weight is 401 g/mol. The van der Waals surface area contributed by atoms with Crippen LogP contribution < -0.4 is 0 Å². The fraction of sp³-hybridized carbons (Fsp3) is 0.583. The van der Waals surface area contributed by atoms with Gasteiger partial charge in [0.1, 0.15) is 11.9 Å². The van der Waals surface area contributed by atoms with Crippen LogP contribution in [-0.2, 0) is 16.0 Å². The summed E-state index contributed by atoms with van der Waals surface area (Å²) in [6, 6.07) is 7.90. The van der Waals surface area contributed by atoms with Gasteiger partial charge in [-0.05, 0) is 24.8 Å². The summed E-state index contributed by atoms with van der Waals surface area (Å²) in [6.45, 7) is 3.92. The molecule has 1 aromatic rings. The quantitative estimate of drug-likeness (QED) is 0.437. The summed E-state index contributed by atoms with van der Waals surface area (Å²) in [5.74, 6) is 4.41. The van der Waals surface area contributed by atoms with Crippen LogP contribution in [0.4, 0.5) is 0 Å². The van der Waals surface area contributed by atoms with E-state index in [9.17, 15) is 19.8 Å². The summed E-state index contributed by atoms with van der Waals surface area (Å²) in [4.78, 5) is 23.0. The maximum atomic E-state index is 12.3. The first-order valence-corrected chi connectivity index (χ1v) is 10.4. The minimum absolute atomic E-state index is 0.0309. The monoisotopic (exact) mass is 400 g/mol. The van der Waals surface area contributed by atoms with Crippen LogP contribution in [0.2, 0.25) is 0 Å². The van der Waals surface area contributed by atoms with E-state index in [1.165, 1.54) is 0 Å². The summed E-state index contributed by atoms with van der Waals surface area (Å²) in [5.41, 5.74) is 2.15. The number of rotatable bonds is 9. The second kappa shape index (κ2) is 11.1. The fourth-order valence-electron chi connectivity index (χ4n) is 3.94. The second-order valence-corrected chi connectivity index (χ2v) is 8.35. The van der Waals surface area contributed by atoms with Gasteiger partial charge in [-0.1, -0.05) is 67.9 Å². The van der Waals surface area contributed by atoms with E-state index in [4.69, 9.17) is 5.11 Å². The molecule has 158 valence electrons. The highest BCUT2D eigenvalue weighted by molar-refractivity contribution is 5.85. The molecule has 1 aliphatic rings. The number of aliphatic hydroxyl groups is 2. The first-order valence-electron chi connectivity index (χ1n) is 10.4. The molecule has 0 radical (unpaired) electrons. The molecule has 1 aromatic carbocycles. The Labute approximate surface area is 173 Å². The predicted molar refractivity (Wildman–Crippen MR) is 111 cm³/mol. The number of Topliss-reactive ketones (excluding diaryl/α,β-unsaturated/α-hetero) is 1. The van der Waals surface area contributed by atoms with Gasteiger partial charge in [0.2, 0.25) is 0 Å². The minimum Gasteiger partial charge on any atom is -0.481 e. The van der Waals surface area contributed by atoms with Crippen LogP contribution in [0.25, 0.3) is 0 Å². The Morgan fingerprint density at radius 2 is 1.93 bits per heavy atom. The van der Waals surface area contributed by atoms with Crippen molar-refractivity contribution in [2.24, 2.45) is 17.8 Å².